The van der Waals surface area contributed by atoms with Crippen LogP contribution in [0.2, 0.25) is 0 Å². The second-order valence-corrected chi connectivity index (χ2v) is 7.69. The first-order valence-electron chi connectivity index (χ1n) is 7.13. The molecule has 1 aliphatic rings. The van der Waals surface area contributed by atoms with Crippen LogP contribution in [-0.4, -0.2) is 16.5 Å². The Morgan fingerprint density at radius 1 is 1.32 bits per heavy atom. The maximum absolute atomic E-state index is 5.85. The molecule has 3 N–H and O–H groups in total. The molecule has 0 bridgehead atoms. The third-order valence-electron chi connectivity index (χ3n) is 4.44. The average Bonchev–Trinajstić information content (AvgIpc) is 2.76. The highest BCUT2D eigenvalue weighted by Crippen LogP contribution is 2.41. The Morgan fingerprint density at radius 3 is 2.42 bits per heavy atom. The van der Waals surface area contributed by atoms with Crippen molar-refractivity contribution in [2.75, 3.05) is 5.75 Å². The highest BCUT2D eigenvalue weighted by atomic mass is 32.2. The SMILES string of the molecule is Cc1cc(C)c(CC(NN)C2(C)CCCS2)c(C)c1. The molecule has 0 saturated carbocycles. The summed E-state index contributed by atoms with van der Waals surface area (Å²) in [7, 11) is 0. The van der Waals surface area contributed by atoms with E-state index in [1.807, 2.05) is 0 Å². The second kappa shape index (κ2) is 5.86. The van der Waals surface area contributed by atoms with Crippen molar-refractivity contribution >= 4 is 11.8 Å². The minimum atomic E-state index is 0.276. The van der Waals surface area contributed by atoms with Crippen molar-refractivity contribution in [2.24, 2.45) is 5.84 Å². The molecule has 1 heterocycles. The molecule has 0 aliphatic carbocycles. The van der Waals surface area contributed by atoms with E-state index in [2.05, 4.69) is 57.0 Å². The molecule has 2 rings (SSSR count). The predicted octanol–water partition coefficient (Wildman–Crippen LogP) is 3.27. The highest BCUT2D eigenvalue weighted by Gasteiger charge is 2.37. The Balaban J connectivity index is 2.23. The molecule has 0 amide bonds. The van der Waals surface area contributed by atoms with Gasteiger partial charge < -0.3 is 0 Å². The number of hydrazine groups is 1. The quantitative estimate of drug-likeness (QED) is 0.656. The second-order valence-electron chi connectivity index (χ2n) is 6.07. The van der Waals surface area contributed by atoms with Gasteiger partial charge in [-0.05, 0) is 69.4 Å². The molecular formula is C16H26N2S. The monoisotopic (exact) mass is 278 g/mol. The zero-order valence-electron chi connectivity index (χ0n) is 12.5. The number of nitrogens with one attached hydrogen (secondary N) is 1. The van der Waals surface area contributed by atoms with Crippen LogP contribution < -0.4 is 11.3 Å². The average molecular weight is 278 g/mol. The first kappa shape index (κ1) is 14.9. The molecule has 2 unspecified atom stereocenters. The number of hydrogen-bond acceptors (Lipinski definition) is 3. The van der Waals surface area contributed by atoms with Crippen LogP contribution in [0, 0.1) is 20.8 Å². The molecule has 0 aromatic heterocycles. The summed E-state index contributed by atoms with van der Waals surface area (Å²) in [6.45, 7) is 8.95. The smallest absolute Gasteiger partial charge is 0.0395 e. The van der Waals surface area contributed by atoms with E-state index in [4.69, 9.17) is 5.84 Å². The molecule has 1 aliphatic heterocycles. The minimum Gasteiger partial charge on any atom is -0.271 e. The van der Waals surface area contributed by atoms with Gasteiger partial charge in [-0.1, -0.05) is 17.7 Å². The van der Waals surface area contributed by atoms with E-state index < -0.39 is 0 Å². The van der Waals surface area contributed by atoms with Gasteiger partial charge in [0.25, 0.3) is 0 Å². The summed E-state index contributed by atoms with van der Waals surface area (Å²) < 4.78 is 0.276. The summed E-state index contributed by atoms with van der Waals surface area (Å²) in [6.07, 6.45) is 3.60. The van der Waals surface area contributed by atoms with Crippen molar-refractivity contribution in [1.82, 2.24) is 5.43 Å². The summed E-state index contributed by atoms with van der Waals surface area (Å²) >= 11 is 2.07. The molecule has 1 aromatic rings. The van der Waals surface area contributed by atoms with Crippen LogP contribution in [0.5, 0.6) is 0 Å². The maximum atomic E-state index is 5.85. The molecule has 1 aromatic carbocycles. The Morgan fingerprint density at radius 2 is 1.95 bits per heavy atom. The van der Waals surface area contributed by atoms with E-state index in [-0.39, 0.29) is 4.75 Å². The molecule has 3 heteroatoms. The van der Waals surface area contributed by atoms with E-state index in [0.29, 0.717) is 6.04 Å². The van der Waals surface area contributed by atoms with Crippen LogP contribution in [0.25, 0.3) is 0 Å². The topological polar surface area (TPSA) is 38.0 Å². The van der Waals surface area contributed by atoms with Crippen molar-refractivity contribution in [2.45, 2.75) is 57.7 Å². The number of nitrogens with two attached hydrogens (primary N) is 1. The number of rotatable bonds is 4. The third-order valence-corrected chi connectivity index (χ3v) is 6.08. The van der Waals surface area contributed by atoms with Crippen LogP contribution in [0.1, 0.15) is 42.0 Å². The Labute approximate surface area is 121 Å². The predicted molar refractivity (Wildman–Crippen MR) is 85.6 cm³/mol. The third kappa shape index (κ3) is 3.15. The largest absolute Gasteiger partial charge is 0.271 e. The van der Waals surface area contributed by atoms with Gasteiger partial charge in [0.05, 0.1) is 0 Å². The van der Waals surface area contributed by atoms with Gasteiger partial charge in [0, 0.05) is 10.8 Å². The standard InChI is InChI=1S/C16H26N2S/c1-11-8-12(2)14(13(3)9-11)10-15(18-17)16(4)6-5-7-19-16/h8-9,15,18H,5-7,10,17H2,1-4H3. The van der Waals surface area contributed by atoms with Crippen LogP contribution in [0.4, 0.5) is 0 Å². The highest BCUT2D eigenvalue weighted by molar-refractivity contribution is 8.00. The summed E-state index contributed by atoms with van der Waals surface area (Å²) in [5.41, 5.74) is 8.67. The molecule has 2 atom stereocenters. The fraction of sp³-hybridized carbons (Fsp3) is 0.625. The van der Waals surface area contributed by atoms with Crippen molar-refractivity contribution in [3.8, 4) is 0 Å². The zero-order valence-corrected chi connectivity index (χ0v) is 13.4. The first-order valence-corrected chi connectivity index (χ1v) is 8.11. The number of benzene rings is 1. The molecule has 106 valence electrons. The molecular weight excluding hydrogens is 252 g/mol. The first-order chi connectivity index (χ1) is 8.96. The van der Waals surface area contributed by atoms with Crippen molar-refractivity contribution < 1.29 is 0 Å². The lowest BCUT2D eigenvalue weighted by Gasteiger charge is -2.33. The lowest BCUT2D eigenvalue weighted by atomic mass is 9.87. The van der Waals surface area contributed by atoms with Crippen molar-refractivity contribution in [3.63, 3.8) is 0 Å². The van der Waals surface area contributed by atoms with Crippen LogP contribution in [0.3, 0.4) is 0 Å². The summed E-state index contributed by atoms with van der Waals surface area (Å²) in [6, 6.07) is 4.90. The van der Waals surface area contributed by atoms with E-state index in [0.717, 1.165) is 6.42 Å². The molecule has 1 saturated heterocycles. The van der Waals surface area contributed by atoms with E-state index >= 15 is 0 Å². The molecule has 1 fully saturated rings. The molecule has 2 nitrogen and oxygen atoms in total. The minimum absolute atomic E-state index is 0.276. The van der Waals surface area contributed by atoms with Crippen molar-refractivity contribution in [1.29, 1.82) is 0 Å². The maximum Gasteiger partial charge on any atom is 0.0395 e. The van der Waals surface area contributed by atoms with Gasteiger partial charge in [-0.15, -0.1) is 0 Å². The fourth-order valence-electron chi connectivity index (χ4n) is 3.26. The van der Waals surface area contributed by atoms with Crippen LogP contribution >= 0.6 is 11.8 Å². The zero-order chi connectivity index (χ0) is 14.0. The lowest BCUT2D eigenvalue weighted by Crippen LogP contribution is -2.50. The normalized spacial score (nSPS) is 24.7. The summed E-state index contributed by atoms with van der Waals surface area (Å²) in [5.74, 6) is 7.12. The van der Waals surface area contributed by atoms with Gasteiger partial charge in [0.1, 0.15) is 0 Å². The van der Waals surface area contributed by atoms with Crippen LogP contribution in [-0.2, 0) is 6.42 Å². The van der Waals surface area contributed by atoms with E-state index in [1.54, 1.807) is 0 Å². The van der Waals surface area contributed by atoms with Gasteiger partial charge in [0.15, 0.2) is 0 Å². The lowest BCUT2D eigenvalue weighted by molar-refractivity contribution is 0.404. The van der Waals surface area contributed by atoms with Crippen LogP contribution in [0.15, 0.2) is 12.1 Å². The van der Waals surface area contributed by atoms with Gasteiger partial charge in [-0.3, -0.25) is 11.3 Å². The number of aryl methyl sites for hydroxylation is 3. The van der Waals surface area contributed by atoms with Gasteiger partial charge >= 0.3 is 0 Å². The summed E-state index contributed by atoms with van der Waals surface area (Å²) in [5, 5.41) is 0. The number of hydrogen-bond donors (Lipinski definition) is 2. The van der Waals surface area contributed by atoms with Crippen molar-refractivity contribution in [3.05, 3.63) is 34.4 Å². The Bertz CT molecular complexity index is 427. The van der Waals surface area contributed by atoms with Gasteiger partial charge in [-0.2, -0.15) is 11.8 Å². The molecule has 0 spiro atoms. The number of thioether (sulfide) groups is 1. The Hall–Kier alpha value is -0.510. The van der Waals surface area contributed by atoms with Gasteiger partial charge in [-0.25, -0.2) is 0 Å². The summed E-state index contributed by atoms with van der Waals surface area (Å²) in [4.78, 5) is 0. The fourth-order valence-corrected chi connectivity index (χ4v) is 4.66. The molecule has 19 heavy (non-hydrogen) atoms. The Kier molecular flexibility index (Phi) is 4.59. The van der Waals surface area contributed by atoms with Gasteiger partial charge in [0.2, 0.25) is 0 Å². The van der Waals surface area contributed by atoms with E-state index in [1.165, 1.54) is 40.8 Å². The molecule has 0 radical (unpaired) electrons. The van der Waals surface area contributed by atoms with E-state index in [9.17, 15) is 0 Å².